The second kappa shape index (κ2) is 7.69. The summed E-state index contributed by atoms with van der Waals surface area (Å²) in [5, 5.41) is 0. The zero-order valence-electron chi connectivity index (χ0n) is 13.9. The third-order valence-corrected chi connectivity index (χ3v) is 4.38. The first kappa shape index (κ1) is 16.1. The molecular formula is C22H21NO. The molecule has 1 heterocycles. The molecule has 0 saturated heterocycles. The van der Waals surface area contributed by atoms with Crippen molar-refractivity contribution in [3.05, 3.63) is 90.1 Å². The summed E-state index contributed by atoms with van der Waals surface area (Å²) in [4.78, 5) is 17.0. The molecule has 0 aliphatic rings. The Morgan fingerprint density at radius 2 is 1.62 bits per heavy atom. The van der Waals surface area contributed by atoms with Gasteiger partial charge in [-0.15, -0.1) is 0 Å². The van der Waals surface area contributed by atoms with Gasteiger partial charge in [0, 0.05) is 24.1 Å². The van der Waals surface area contributed by atoms with Gasteiger partial charge in [-0.1, -0.05) is 67.6 Å². The molecule has 0 radical (unpaired) electrons. The molecule has 1 atom stereocenters. The molecule has 0 saturated carbocycles. The second-order valence-corrected chi connectivity index (χ2v) is 5.97. The van der Waals surface area contributed by atoms with E-state index in [0.717, 1.165) is 23.2 Å². The van der Waals surface area contributed by atoms with Gasteiger partial charge in [-0.2, -0.15) is 0 Å². The van der Waals surface area contributed by atoms with E-state index in [0.29, 0.717) is 6.42 Å². The lowest BCUT2D eigenvalue weighted by Gasteiger charge is -2.12. The molecule has 0 N–H and O–H groups in total. The van der Waals surface area contributed by atoms with Crippen LogP contribution in [0.5, 0.6) is 0 Å². The third kappa shape index (κ3) is 3.77. The lowest BCUT2D eigenvalue weighted by atomic mass is 9.91. The van der Waals surface area contributed by atoms with Crippen molar-refractivity contribution < 1.29 is 4.79 Å². The molecule has 3 aromatic rings. The van der Waals surface area contributed by atoms with E-state index in [2.05, 4.69) is 17.1 Å². The fraction of sp³-hybridized carbons (Fsp3) is 0.182. The molecule has 0 amide bonds. The highest BCUT2D eigenvalue weighted by atomic mass is 16.1. The fourth-order valence-electron chi connectivity index (χ4n) is 2.91. The normalized spacial score (nSPS) is 11.9. The molecule has 2 aromatic carbocycles. The van der Waals surface area contributed by atoms with Gasteiger partial charge in [0.05, 0.1) is 5.69 Å². The number of ketones is 1. The Balaban J connectivity index is 1.72. The summed E-state index contributed by atoms with van der Waals surface area (Å²) in [6.45, 7) is 1.99. The van der Waals surface area contributed by atoms with Crippen LogP contribution in [0.1, 0.15) is 30.4 Å². The van der Waals surface area contributed by atoms with Gasteiger partial charge in [-0.3, -0.25) is 9.78 Å². The van der Waals surface area contributed by atoms with Gasteiger partial charge < -0.3 is 0 Å². The zero-order chi connectivity index (χ0) is 16.8. The molecule has 0 spiro atoms. The van der Waals surface area contributed by atoms with Crippen molar-refractivity contribution in [3.63, 3.8) is 0 Å². The van der Waals surface area contributed by atoms with E-state index in [1.165, 1.54) is 5.56 Å². The Morgan fingerprint density at radius 1 is 0.917 bits per heavy atom. The quantitative estimate of drug-likeness (QED) is 0.637. The third-order valence-electron chi connectivity index (χ3n) is 4.38. The summed E-state index contributed by atoms with van der Waals surface area (Å²) in [7, 11) is 0. The van der Waals surface area contributed by atoms with Crippen molar-refractivity contribution in [2.24, 2.45) is 0 Å². The number of carbonyl (C=O) groups is 1. The largest absolute Gasteiger partial charge is 0.299 e. The van der Waals surface area contributed by atoms with Gasteiger partial charge in [0.25, 0.3) is 0 Å². The predicted octanol–water partition coefficient (Wildman–Crippen LogP) is 5.05. The SMILES string of the molecule is CC(C(=O)CCc1ccccc1-c1ccccn1)c1ccccc1. The van der Waals surface area contributed by atoms with Gasteiger partial charge in [-0.05, 0) is 29.7 Å². The summed E-state index contributed by atoms with van der Waals surface area (Å²) in [6.07, 6.45) is 3.08. The molecule has 3 rings (SSSR count). The number of Topliss-reactive ketones (excluding diaryl/α,β-unsaturated/α-hetero) is 1. The number of aryl methyl sites for hydroxylation is 1. The molecule has 2 nitrogen and oxygen atoms in total. The van der Waals surface area contributed by atoms with Gasteiger partial charge in [0.2, 0.25) is 0 Å². The predicted molar refractivity (Wildman–Crippen MR) is 97.9 cm³/mol. The molecule has 0 aliphatic heterocycles. The maximum absolute atomic E-state index is 12.5. The standard InChI is InChI=1S/C22H21NO/c1-17(18-9-3-2-4-10-18)22(24)15-14-19-11-5-6-12-20(19)21-13-7-8-16-23-21/h2-13,16-17H,14-15H2,1H3. The number of rotatable bonds is 6. The molecular weight excluding hydrogens is 294 g/mol. The molecule has 0 aliphatic carbocycles. The lowest BCUT2D eigenvalue weighted by molar-refractivity contribution is -0.120. The number of benzene rings is 2. The minimum atomic E-state index is -0.0618. The van der Waals surface area contributed by atoms with E-state index in [-0.39, 0.29) is 11.7 Å². The van der Waals surface area contributed by atoms with Crippen LogP contribution in [0.25, 0.3) is 11.3 Å². The van der Waals surface area contributed by atoms with Crippen molar-refractivity contribution in [2.45, 2.75) is 25.7 Å². The molecule has 120 valence electrons. The lowest BCUT2D eigenvalue weighted by Crippen LogP contribution is -2.10. The molecule has 24 heavy (non-hydrogen) atoms. The van der Waals surface area contributed by atoms with E-state index >= 15 is 0 Å². The van der Waals surface area contributed by atoms with E-state index in [1.54, 1.807) is 6.20 Å². The van der Waals surface area contributed by atoms with Crippen molar-refractivity contribution in [1.29, 1.82) is 0 Å². The smallest absolute Gasteiger partial charge is 0.140 e. The first-order valence-corrected chi connectivity index (χ1v) is 8.32. The minimum absolute atomic E-state index is 0.0618. The van der Waals surface area contributed by atoms with Crippen LogP contribution in [0.3, 0.4) is 0 Å². The summed E-state index contributed by atoms with van der Waals surface area (Å²) in [6, 6.07) is 24.1. The van der Waals surface area contributed by atoms with Crippen LogP contribution < -0.4 is 0 Å². The summed E-state index contributed by atoms with van der Waals surface area (Å²) in [5.74, 6) is 0.213. The Kier molecular flexibility index (Phi) is 5.17. The molecule has 1 aromatic heterocycles. The number of nitrogens with zero attached hydrogens (tertiary/aromatic N) is 1. The highest BCUT2D eigenvalue weighted by Crippen LogP contribution is 2.24. The number of hydrogen-bond donors (Lipinski definition) is 0. The Morgan fingerprint density at radius 3 is 2.38 bits per heavy atom. The van der Waals surface area contributed by atoms with Crippen molar-refractivity contribution in [2.75, 3.05) is 0 Å². The molecule has 1 unspecified atom stereocenters. The number of aromatic nitrogens is 1. The number of carbonyl (C=O) groups excluding carboxylic acids is 1. The van der Waals surface area contributed by atoms with Gasteiger partial charge in [-0.25, -0.2) is 0 Å². The molecule has 2 heteroatoms. The monoisotopic (exact) mass is 315 g/mol. The average Bonchev–Trinajstić information content (AvgIpc) is 2.67. The maximum atomic E-state index is 12.5. The topological polar surface area (TPSA) is 30.0 Å². The van der Waals surface area contributed by atoms with Crippen LogP contribution in [-0.2, 0) is 11.2 Å². The second-order valence-electron chi connectivity index (χ2n) is 5.97. The van der Waals surface area contributed by atoms with E-state index in [9.17, 15) is 4.79 Å². The van der Waals surface area contributed by atoms with Gasteiger partial charge >= 0.3 is 0 Å². The Hall–Kier alpha value is -2.74. The molecule has 0 bridgehead atoms. The van der Waals surface area contributed by atoms with Crippen LogP contribution >= 0.6 is 0 Å². The average molecular weight is 315 g/mol. The van der Waals surface area contributed by atoms with Gasteiger partial charge in [0.15, 0.2) is 0 Å². The highest BCUT2D eigenvalue weighted by Gasteiger charge is 2.15. The summed E-state index contributed by atoms with van der Waals surface area (Å²) >= 11 is 0. The van der Waals surface area contributed by atoms with Crippen molar-refractivity contribution in [3.8, 4) is 11.3 Å². The number of pyridine rings is 1. The summed E-state index contributed by atoms with van der Waals surface area (Å²) in [5.41, 5.74) is 4.32. The first-order chi connectivity index (χ1) is 11.8. The van der Waals surface area contributed by atoms with E-state index < -0.39 is 0 Å². The van der Waals surface area contributed by atoms with E-state index in [1.807, 2.05) is 67.6 Å². The van der Waals surface area contributed by atoms with Crippen LogP contribution in [0.2, 0.25) is 0 Å². The first-order valence-electron chi connectivity index (χ1n) is 8.32. The zero-order valence-corrected chi connectivity index (χ0v) is 13.9. The highest BCUT2D eigenvalue weighted by molar-refractivity contribution is 5.85. The maximum Gasteiger partial charge on any atom is 0.140 e. The van der Waals surface area contributed by atoms with Crippen LogP contribution in [-0.4, -0.2) is 10.8 Å². The molecule has 0 fully saturated rings. The van der Waals surface area contributed by atoms with Gasteiger partial charge in [0.1, 0.15) is 5.78 Å². The van der Waals surface area contributed by atoms with Crippen molar-refractivity contribution in [1.82, 2.24) is 4.98 Å². The van der Waals surface area contributed by atoms with E-state index in [4.69, 9.17) is 0 Å². The van der Waals surface area contributed by atoms with Crippen LogP contribution in [0.4, 0.5) is 0 Å². The summed E-state index contributed by atoms with van der Waals surface area (Å²) < 4.78 is 0. The Bertz CT molecular complexity index is 796. The van der Waals surface area contributed by atoms with Crippen LogP contribution in [0.15, 0.2) is 79.0 Å². The fourth-order valence-corrected chi connectivity index (χ4v) is 2.91. The number of hydrogen-bond acceptors (Lipinski definition) is 2. The Labute approximate surface area is 143 Å². The van der Waals surface area contributed by atoms with Crippen LogP contribution in [0, 0.1) is 0 Å². The van der Waals surface area contributed by atoms with Crippen molar-refractivity contribution >= 4 is 5.78 Å². The minimum Gasteiger partial charge on any atom is -0.299 e.